The van der Waals surface area contributed by atoms with Gasteiger partial charge in [-0.1, -0.05) is 0 Å². The minimum atomic E-state index is -5.02. The van der Waals surface area contributed by atoms with Crippen LogP contribution in [0, 0.1) is 10.1 Å². The first-order chi connectivity index (χ1) is 8.70. The summed E-state index contributed by atoms with van der Waals surface area (Å²) in [6.45, 7) is 2.46. The summed E-state index contributed by atoms with van der Waals surface area (Å²) in [5.74, 6) is -1.26. The maximum absolute atomic E-state index is 12.9. The molecular weight excluding hydrogens is 267 g/mol. The molecule has 0 aliphatic rings. The Labute approximate surface area is 106 Å². The molecule has 0 saturated carbocycles. The normalized spacial score (nSPS) is 11.2. The Morgan fingerprint density at radius 2 is 2.00 bits per heavy atom. The number of carbonyl (C=O) groups is 1. The number of ether oxygens (including phenoxy) is 1. The smallest absolute Gasteiger partial charge is 0.423 e. The van der Waals surface area contributed by atoms with Gasteiger partial charge in [-0.15, -0.1) is 0 Å². The zero-order chi connectivity index (χ0) is 14.8. The minimum absolute atomic E-state index is 0.0371. The first-order valence-corrected chi connectivity index (χ1v) is 5.22. The molecular formula is C11H10F3NO4. The van der Waals surface area contributed by atoms with Crippen LogP contribution < -0.4 is 4.74 Å². The Balaban J connectivity index is 3.72. The maximum Gasteiger partial charge on any atom is 0.423 e. The van der Waals surface area contributed by atoms with Gasteiger partial charge in [0.15, 0.2) is 5.78 Å². The molecule has 0 heterocycles. The Morgan fingerprint density at radius 1 is 1.42 bits per heavy atom. The Morgan fingerprint density at radius 3 is 2.37 bits per heavy atom. The van der Waals surface area contributed by atoms with Crippen molar-refractivity contribution in [2.75, 3.05) is 6.61 Å². The van der Waals surface area contributed by atoms with Gasteiger partial charge in [0, 0.05) is 6.07 Å². The number of benzene rings is 1. The number of halogens is 3. The Kier molecular flexibility index (Phi) is 4.13. The number of rotatable bonds is 4. The fourth-order valence-corrected chi connectivity index (χ4v) is 1.64. The average molecular weight is 277 g/mol. The second kappa shape index (κ2) is 5.25. The summed E-state index contributed by atoms with van der Waals surface area (Å²) < 4.78 is 43.7. The van der Waals surface area contributed by atoms with E-state index >= 15 is 0 Å². The number of alkyl halides is 3. The molecule has 19 heavy (non-hydrogen) atoms. The standard InChI is InChI=1S/C11H10F3NO4/c1-3-19-8-5-4-7(15(17)18)10(11(12,13)14)9(8)6(2)16/h4-5H,3H2,1-2H3. The lowest BCUT2D eigenvalue weighted by atomic mass is 10.0. The van der Waals surface area contributed by atoms with Crippen molar-refractivity contribution >= 4 is 11.5 Å². The summed E-state index contributed by atoms with van der Waals surface area (Å²) in [5, 5.41) is 10.7. The molecule has 104 valence electrons. The topological polar surface area (TPSA) is 69.4 Å². The molecule has 0 aliphatic carbocycles. The van der Waals surface area contributed by atoms with Crippen molar-refractivity contribution in [3.8, 4) is 5.75 Å². The van der Waals surface area contributed by atoms with Crippen molar-refractivity contribution in [3.05, 3.63) is 33.4 Å². The lowest BCUT2D eigenvalue weighted by molar-refractivity contribution is -0.388. The van der Waals surface area contributed by atoms with E-state index in [9.17, 15) is 28.1 Å². The number of ketones is 1. The molecule has 1 aromatic rings. The number of nitro benzene ring substituents is 1. The van der Waals surface area contributed by atoms with E-state index in [0.29, 0.717) is 6.07 Å². The van der Waals surface area contributed by atoms with Crippen molar-refractivity contribution in [1.29, 1.82) is 0 Å². The van der Waals surface area contributed by atoms with Gasteiger partial charge in [-0.25, -0.2) is 0 Å². The van der Waals surface area contributed by atoms with Crippen LogP contribution in [0.2, 0.25) is 0 Å². The van der Waals surface area contributed by atoms with Gasteiger partial charge in [-0.3, -0.25) is 14.9 Å². The van der Waals surface area contributed by atoms with E-state index in [-0.39, 0.29) is 12.4 Å². The van der Waals surface area contributed by atoms with Crippen LogP contribution in [0.25, 0.3) is 0 Å². The summed E-state index contributed by atoms with van der Waals surface area (Å²) in [4.78, 5) is 20.9. The zero-order valence-corrected chi connectivity index (χ0v) is 10.1. The van der Waals surface area contributed by atoms with Crippen LogP contribution in [0.1, 0.15) is 29.8 Å². The van der Waals surface area contributed by atoms with Crippen molar-refractivity contribution in [2.24, 2.45) is 0 Å². The molecule has 0 fully saturated rings. The molecule has 0 unspecified atom stereocenters. The molecule has 5 nitrogen and oxygen atoms in total. The van der Waals surface area contributed by atoms with Gasteiger partial charge in [0.1, 0.15) is 11.3 Å². The van der Waals surface area contributed by atoms with E-state index in [4.69, 9.17) is 4.74 Å². The van der Waals surface area contributed by atoms with Gasteiger partial charge in [0.2, 0.25) is 0 Å². The molecule has 0 bridgehead atoms. The molecule has 0 amide bonds. The second-order valence-electron chi connectivity index (χ2n) is 3.58. The third-order valence-corrected chi connectivity index (χ3v) is 2.28. The largest absolute Gasteiger partial charge is 0.493 e. The van der Waals surface area contributed by atoms with Crippen LogP contribution >= 0.6 is 0 Å². The summed E-state index contributed by atoms with van der Waals surface area (Å²) in [7, 11) is 0. The highest BCUT2D eigenvalue weighted by Crippen LogP contribution is 2.42. The second-order valence-corrected chi connectivity index (χ2v) is 3.58. The number of hydrogen-bond acceptors (Lipinski definition) is 4. The number of carbonyl (C=O) groups excluding carboxylic acids is 1. The molecule has 0 aromatic heterocycles. The van der Waals surface area contributed by atoms with Gasteiger partial charge in [0.25, 0.3) is 5.69 Å². The van der Waals surface area contributed by atoms with Gasteiger partial charge >= 0.3 is 6.18 Å². The number of hydrogen-bond donors (Lipinski definition) is 0. The molecule has 1 rings (SSSR count). The SMILES string of the molecule is CCOc1ccc([N+](=O)[O-])c(C(F)(F)F)c1C(C)=O. The van der Waals surface area contributed by atoms with Gasteiger partial charge in [0.05, 0.1) is 17.1 Å². The molecule has 1 aromatic carbocycles. The number of Topliss-reactive ketones (excluding diaryl/α,β-unsaturated/α-hetero) is 1. The summed E-state index contributed by atoms with van der Waals surface area (Å²) in [6, 6.07) is 1.67. The Bertz CT molecular complexity index is 525. The summed E-state index contributed by atoms with van der Waals surface area (Å²) in [6.07, 6.45) is -5.02. The first-order valence-electron chi connectivity index (χ1n) is 5.22. The van der Waals surface area contributed by atoms with E-state index in [1.54, 1.807) is 0 Å². The fraction of sp³-hybridized carbons (Fsp3) is 0.364. The van der Waals surface area contributed by atoms with Crippen LogP contribution in [0.4, 0.5) is 18.9 Å². The van der Waals surface area contributed by atoms with E-state index in [2.05, 4.69) is 0 Å². The average Bonchev–Trinajstić information content (AvgIpc) is 2.26. The van der Waals surface area contributed by atoms with Crippen molar-refractivity contribution in [1.82, 2.24) is 0 Å². The molecule has 0 aliphatic heterocycles. The molecule has 0 saturated heterocycles. The molecule has 0 spiro atoms. The molecule has 0 radical (unpaired) electrons. The van der Waals surface area contributed by atoms with Gasteiger partial charge in [-0.2, -0.15) is 13.2 Å². The molecule has 0 atom stereocenters. The van der Waals surface area contributed by atoms with Crippen LogP contribution in [0.5, 0.6) is 5.75 Å². The maximum atomic E-state index is 12.9. The summed E-state index contributed by atoms with van der Waals surface area (Å²) in [5.41, 5.74) is -3.55. The lowest BCUT2D eigenvalue weighted by Gasteiger charge is -2.15. The third-order valence-electron chi connectivity index (χ3n) is 2.28. The Hall–Kier alpha value is -2.12. The van der Waals surface area contributed by atoms with E-state index in [0.717, 1.165) is 13.0 Å². The van der Waals surface area contributed by atoms with E-state index in [1.165, 1.54) is 6.92 Å². The summed E-state index contributed by atoms with van der Waals surface area (Å²) >= 11 is 0. The quantitative estimate of drug-likeness (QED) is 0.481. The monoisotopic (exact) mass is 277 g/mol. The highest BCUT2D eigenvalue weighted by atomic mass is 19.4. The molecule has 0 N–H and O–H groups in total. The third kappa shape index (κ3) is 3.01. The lowest BCUT2D eigenvalue weighted by Crippen LogP contribution is -2.16. The number of nitrogens with zero attached hydrogens (tertiary/aromatic N) is 1. The predicted molar refractivity (Wildman–Crippen MR) is 59.3 cm³/mol. The van der Waals surface area contributed by atoms with Crippen molar-refractivity contribution < 1.29 is 27.6 Å². The fourth-order valence-electron chi connectivity index (χ4n) is 1.64. The minimum Gasteiger partial charge on any atom is -0.493 e. The van der Waals surface area contributed by atoms with E-state index in [1.807, 2.05) is 0 Å². The van der Waals surface area contributed by atoms with Crippen molar-refractivity contribution in [3.63, 3.8) is 0 Å². The number of nitro groups is 1. The van der Waals surface area contributed by atoms with E-state index < -0.39 is 33.7 Å². The highest BCUT2D eigenvalue weighted by Gasteiger charge is 2.43. The first kappa shape index (κ1) is 14.9. The van der Waals surface area contributed by atoms with Gasteiger partial charge in [-0.05, 0) is 19.9 Å². The van der Waals surface area contributed by atoms with Crippen molar-refractivity contribution in [2.45, 2.75) is 20.0 Å². The van der Waals surface area contributed by atoms with Crippen LogP contribution in [-0.2, 0) is 6.18 Å². The van der Waals surface area contributed by atoms with Gasteiger partial charge < -0.3 is 4.74 Å². The predicted octanol–water partition coefficient (Wildman–Crippen LogP) is 3.21. The van der Waals surface area contributed by atoms with Crippen LogP contribution in [-0.4, -0.2) is 17.3 Å². The highest BCUT2D eigenvalue weighted by molar-refractivity contribution is 5.99. The molecule has 8 heteroatoms. The van der Waals surface area contributed by atoms with Crippen LogP contribution in [0.3, 0.4) is 0 Å². The zero-order valence-electron chi connectivity index (χ0n) is 10.1. The van der Waals surface area contributed by atoms with Crippen LogP contribution in [0.15, 0.2) is 12.1 Å².